The van der Waals surface area contributed by atoms with Crippen molar-refractivity contribution in [1.82, 2.24) is 10.6 Å². The number of methoxy groups -OCH3 is 2. The van der Waals surface area contributed by atoms with E-state index in [0.717, 1.165) is 0 Å². The number of amides is 2. The molecule has 0 saturated carbocycles. The standard InChI is InChI=1S/C36H32N4O8/c1-47-35(45)31(21-9-5-3-6-10-21)37-19-29(41)39-23-13-15-25-27(17-23)34(44)28-18-24(14-16-26(28)33(25)43)40-30(42)20-38-32(36(46)48-2)22-11-7-4-8-12-22/h3-18,31-32,37-38H,19-20H2,1-2H3,(H,39,41)(H,40,42)/t31-,32+. The molecule has 0 radical (unpaired) electrons. The molecule has 1 aliphatic rings. The van der Waals surface area contributed by atoms with Crippen LogP contribution in [-0.4, -0.2) is 62.6 Å². The maximum absolute atomic E-state index is 13.6. The Labute approximate surface area is 275 Å². The van der Waals surface area contributed by atoms with E-state index in [1.165, 1.54) is 50.6 Å². The molecule has 2 amide bonds. The maximum Gasteiger partial charge on any atom is 0.327 e. The normalized spacial score (nSPS) is 13.0. The van der Waals surface area contributed by atoms with Gasteiger partial charge >= 0.3 is 11.9 Å². The van der Waals surface area contributed by atoms with Crippen LogP contribution in [0.3, 0.4) is 0 Å². The first-order valence-electron chi connectivity index (χ1n) is 14.9. The number of ketones is 2. The third-order valence-corrected chi connectivity index (χ3v) is 7.66. The largest absolute Gasteiger partial charge is 0.468 e. The topological polar surface area (TPSA) is 169 Å². The molecule has 0 fully saturated rings. The Bertz CT molecular complexity index is 1740. The fourth-order valence-corrected chi connectivity index (χ4v) is 5.31. The molecule has 4 N–H and O–H groups in total. The number of fused-ring (bicyclic) bond motifs is 2. The van der Waals surface area contributed by atoms with Crippen molar-refractivity contribution in [1.29, 1.82) is 0 Å². The third-order valence-electron chi connectivity index (χ3n) is 7.66. The molecule has 48 heavy (non-hydrogen) atoms. The Balaban J connectivity index is 1.25. The molecule has 0 heterocycles. The van der Waals surface area contributed by atoms with Crippen LogP contribution in [0.4, 0.5) is 11.4 Å². The van der Waals surface area contributed by atoms with E-state index in [4.69, 9.17) is 9.47 Å². The van der Waals surface area contributed by atoms with E-state index >= 15 is 0 Å². The summed E-state index contributed by atoms with van der Waals surface area (Å²) < 4.78 is 9.73. The predicted octanol–water partition coefficient (Wildman–Crippen LogP) is 3.35. The summed E-state index contributed by atoms with van der Waals surface area (Å²) in [6.45, 7) is -0.490. The van der Waals surface area contributed by atoms with Gasteiger partial charge in [-0.2, -0.15) is 0 Å². The van der Waals surface area contributed by atoms with Gasteiger partial charge in [0.1, 0.15) is 12.1 Å². The summed E-state index contributed by atoms with van der Waals surface area (Å²) in [5.41, 5.74) is 2.31. The van der Waals surface area contributed by atoms with Crippen LogP contribution in [0.1, 0.15) is 55.1 Å². The van der Waals surface area contributed by atoms with Gasteiger partial charge in [-0.15, -0.1) is 0 Å². The Morgan fingerprint density at radius 3 is 1.29 bits per heavy atom. The SMILES string of the molecule is COC(=O)[C@@H](NCC(=O)Nc1ccc2c(c1)C(=O)c1cc(NC(=O)CN[C@@H](C(=O)OC)c3ccccc3)ccc1C2=O)c1ccccc1. The zero-order chi connectivity index (χ0) is 34.2. The minimum absolute atomic E-state index is 0.0870. The summed E-state index contributed by atoms with van der Waals surface area (Å²) in [4.78, 5) is 77.1. The van der Waals surface area contributed by atoms with Crippen molar-refractivity contribution in [3.63, 3.8) is 0 Å². The molecule has 2 atom stereocenters. The van der Waals surface area contributed by atoms with Crippen LogP contribution in [0.15, 0.2) is 97.1 Å². The molecule has 12 nitrogen and oxygen atoms in total. The number of carbonyl (C=O) groups excluding carboxylic acids is 6. The number of esters is 2. The minimum Gasteiger partial charge on any atom is -0.468 e. The molecule has 0 spiro atoms. The number of anilines is 2. The molecular formula is C36H32N4O8. The van der Waals surface area contributed by atoms with Crippen molar-refractivity contribution >= 4 is 46.7 Å². The number of nitrogens with one attached hydrogen (secondary N) is 4. The van der Waals surface area contributed by atoms with E-state index in [2.05, 4.69) is 21.3 Å². The molecule has 5 rings (SSSR count). The summed E-state index contributed by atoms with van der Waals surface area (Å²) in [7, 11) is 2.51. The summed E-state index contributed by atoms with van der Waals surface area (Å²) in [6.07, 6.45) is 0. The Kier molecular flexibility index (Phi) is 10.5. The molecule has 244 valence electrons. The highest BCUT2D eigenvalue weighted by Crippen LogP contribution is 2.31. The quantitative estimate of drug-likeness (QED) is 0.147. The van der Waals surface area contributed by atoms with Gasteiger partial charge in [-0.3, -0.25) is 29.8 Å². The van der Waals surface area contributed by atoms with E-state index < -0.39 is 41.6 Å². The highest BCUT2D eigenvalue weighted by Gasteiger charge is 2.31. The lowest BCUT2D eigenvalue weighted by Crippen LogP contribution is -2.36. The lowest BCUT2D eigenvalue weighted by molar-refractivity contribution is -0.144. The van der Waals surface area contributed by atoms with Crippen molar-refractivity contribution in [2.24, 2.45) is 0 Å². The van der Waals surface area contributed by atoms with Gasteiger partial charge in [-0.05, 0) is 47.5 Å². The second-order valence-electron chi connectivity index (χ2n) is 10.8. The molecule has 0 saturated heterocycles. The fraction of sp³-hybridized carbons (Fsp3) is 0.167. The lowest BCUT2D eigenvalue weighted by Gasteiger charge is -2.20. The first-order chi connectivity index (χ1) is 23.2. The van der Waals surface area contributed by atoms with Crippen LogP contribution >= 0.6 is 0 Å². The molecule has 4 aromatic rings. The zero-order valence-corrected chi connectivity index (χ0v) is 26.1. The summed E-state index contributed by atoms with van der Waals surface area (Å²) >= 11 is 0. The van der Waals surface area contributed by atoms with E-state index in [-0.39, 0.29) is 52.5 Å². The summed E-state index contributed by atoms with van der Waals surface area (Å²) in [5, 5.41) is 11.1. The van der Waals surface area contributed by atoms with E-state index in [1.807, 2.05) is 0 Å². The molecule has 0 aliphatic heterocycles. The molecule has 0 bridgehead atoms. The number of ether oxygens (including phenoxy) is 2. The van der Waals surface area contributed by atoms with Crippen molar-refractivity contribution in [2.45, 2.75) is 12.1 Å². The second-order valence-corrected chi connectivity index (χ2v) is 10.8. The minimum atomic E-state index is -0.871. The first-order valence-corrected chi connectivity index (χ1v) is 14.9. The second kappa shape index (κ2) is 15.1. The Morgan fingerprint density at radius 2 is 0.917 bits per heavy atom. The molecule has 12 heteroatoms. The van der Waals surface area contributed by atoms with Crippen molar-refractivity contribution in [3.8, 4) is 0 Å². The van der Waals surface area contributed by atoms with Crippen LogP contribution < -0.4 is 21.3 Å². The highest BCUT2D eigenvalue weighted by atomic mass is 16.5. The molecule has 0 unspecified atom stereocenters. The smallest absolute Gasteiger partial charge is 0.327 e. The number of benzene rings is 4. The number of hydrogen-bond acceptors (Lipinski definition) is 10. The van der Waals surface area contributed by atoms with Crippen LogP contribution in [0.5, 0.6) is 0 Å². The highest BCUT2D eigenvalue weighted by molar-refractivity contribution is 6.29. The van der Waals surface area contributed by atoms with Gasteiger partial charge in [-0.1, -0.05) is 60.7 Å². The zero-order valence-electron chi connectivity index (χ0n) is 26.1. The molecular weight excluding hydrogens is 616 g/mol. The average Bonchev–Trinajstić information content (AvgIpc) is 3.11. The van der Waals surface area contributed by atoms with E-state index in [0.29, 0.717) is 11.1 Å². The monoisotopic (exact) mass is 648 g/mol. The predicted molar refractivity (Wildman–Crippen MR) is 175 cm³/mol. The van der Waals surface area contributed by atoms with Gasteiger partial charge in [0.15, 0.2) is 11.6 Å². The van der Waals surface area contributed by atoms with Crippen molar-refractivity contribution < 1.29 is 38.2 Å². The number of rotatable bonds is 12. The van der Waals surface area contributed by atoms with Crippen LogP contribution in [-0.2, 0) is 28.7 Å². The summed E-state index contributed by atoms with van der Waals surface area (Å²) in [6, 6.07) is 24.6. The first kappa shape index (κ1) is 33.4. The molecule has 0 aromatic heterocycles. The van der Waals surface area contributed by atoms with Crippen LogP contribution in [0.25, 0.3) is 0 Å². The van der Waals surface area contributed by atoms with Gasteiger partial charge in [0, 0.05) is 33.6 Å². The Hall–Kier alpha value is -5.98. The van der Waals surface area contributed by atoms with Gasteiger partial charge in [-0.25, -0.2) is 9.59 Å². The van der Waals surface area contributed by atoms with Gasteiger partial charge in [0.05, 0.1) is 27.3 Å². The van der Waals surface area contributed by atoms with Gasteiger partial charge < -0.3 is 20.1 Å². The van der Waals surface area contributed by atoms with Crippen molar-refractivity contribution in [3.05, 3.63) is 130 Å². The van der Waals surface area contributed by atoms with Crippen LogP contribution in [0, 0.1) is 0 Å². The van der Waals surface area contributed by atoms with E-state index in [9.17, 15) is 28.8 Å². The number of hydrogen-bond donors (Lipinski definition) is 4. The van der Waals surface area contributed by atoms with Gasteiger partial charge in [0.2, 0.25) is 11.8 Å². The maximum atomic E-state index is 13.6. The van der Waals surface area contributed by atoms with E-state index in [1.54, 1.807) is 60.7 Å². The molecule has 4 aromatic carbocycles. The van der Waals surface area contributed by atoms with Crippen LogP contribution in [0.2, 0.25) is 0 Å². The number of carbonyl (C=O) groups is 6. The van der Waals surface area contributed by atoms with Crippen molar-refractivity contribution in [2.75, 3.05) is 37.9 Å². The average molecular weight is 649 g/mol. The Morgan fingerprint density at radius 1 is 0.542 bits per heavy atom. The summed E-state index contributed by atoms with van der Waals surface area (Å²) in [5.74, 6) is -2.95. The lowest BCUT2D eigenvalue weighted by atomic mass is 9.83. The third kappa shape index (κ3) is 7.52. The fourth-order valence-electron chi connectivity index (χ4n) is 5.31. The molecule has 1 aliphatic carbocycles. The van der Waals surface area contributed by atoms with Gasteiger partial charge in [0.25, 0.3) is 0 Å².